The van der Waals surface area contributed by atoms with Crippen LogP contribution >= 0.6 is 0 Å². The van der Waals surface area contributed by atoms with Gasteiger partial charge in [-0.15, -0.1) is 0 Å². The number of amidine groups is 1. The molecule has 94 valence electrons. The van der Waals surface area contributed by atoms with Crippen LogP contribution in [0.2, 0.25) is 0 Å². The third-order valence-corrected chi connectivity index (χ3v) is 4.52. The molecule has 0 aromatic rings. The Hall–Kier alpha value is -0.660. The van der Waals surface area contributed by atoms with Crippen molar-refractivity contribution in [1.29, 1.82) is 5.41 Å². The van der Waals surface area contributed by atoms with E-state index in [1.165, 1.54) is 11.4 Å². The van der Waals surface area contributed by atoms with E-state index >= 15 is 0 Å². The van der Waals surface area contributed by atoms with Crippen LogP contribution in [0.1, 0.15) is 19.3 Å². The molecule has 1 aliphatic heterocycles. The second-order valence-corrected chi connectivity index (χ2v) is 6.13. The van der Waals surface area contributed by atoms with Crippen LogP contribution in [-0.4, -0.2) is 50.6 Å². The van der Waals surface area contributed by atoms with Crippen LogP contribution in [0.4, 0.5) is 0 Å². The van der Waals surface area contributed by atoms with Gasteiger partial charge in [0.05, 0.1) is 17.7 Å². The third kappa shape index (κ3) is 4.07. The highest BCUT2D eigenvalue weighted by Crippen LogP contribution is 2.15. The maximum Gasteiger partial charge on any atom is 0.216 e. The number of nitrogens with one attached hydrogen (secondary N) is 1. The van der Waals surface area contributed by atoms with E-state index in [9.17, 15) is 8.42 Å². The van der Waals surface area contributed by atoms with Gasteiger partial charge in [-0.1, -0.05) is 0 Å². The topological polar surface area (TPSA) is 96.5 Å². The number of rotatable bonds is 6. The van der Waals surface area contributed by atoms with E-state index in [-0.39, 0.29) is 30.7 Å². The van der Waals surface area contributed by atoms with Crippen LogP contribution in [0.15, 0.2) is 0 Å². The zero-order chi connectivity index (χ0) is 12.2. The number of sulfonamides is 1. The van der Waals surface area contributed by atoms with E-state index in [1.807, 2.05) is 0 Å². The van der Waals surface area contributed by atoms with Crippen LogP contribution in [0.3, 0.4) is 0 Å². The monoisotopic (exact) mass is 249 g/mol. The lowest BCUT2D eigenvalue weighted by Crippen LogP contribution is -2.35. The largest absolute Gasteiger partial charge is 0.388 e. The molecule has 0 aromatic carbocycles. The maximum atomic E-state index is 11.8. The predicted octanol–water partition coefficient (Wildman–Crippen LogP) is -0.247. The normalized spacial score (nSPS) is 21.5. The quantitative estimate of drug-likeness (QED) is 0.501. The van der Waals surface area contributed by atoms with E-state index in [2.05, 4.69) is 0 Å². The first-order valence-corrected chi connectivity index (χ1v) is 6.91. The van der Waals surface area contributed by atoms with Crippen LogP contribution < -0.4 is 5.73 Å². The summed E-state index contributed by atoms with van der Waals surface area (Å²) < 4.78 is 30.2. The minimum atomic E-state index is -3.28. The molecule has 16 heavy (non-hydrogen) atoms. The maximum absolute atomic E-state index is 11.8. The second kappa shape index (κ2) is 5.60. The molecule has 1 fully saturated rings. The summed E-state index contributed by atoms with van der Waals surface area (Å²) in [4.78, 5) is 0. The van der Waals surface area contributed by atoms with Crippen molar-refractivity contribution in [2.45, 2.75) is 25.4 Å². The Morgan fingerprint density at radius 2 is 2.31 bits per heavy atom. The van der Waals surface area contributed by atoms with E-state index in [4.69, 9.17) is 15.9 Å². The minimum absolute atomic E-state index is 0.000772. The fraction of sp³-hybridized carbons (Fsp3) is 0.889. The number of ether oxygens (including phenoxy) is 1. The summed E-state index contributed by atoms with van der Waals surface area (Å²) in [6, 6.07) is 0. The molecule has 1 unspecified atom stereocenters. The zero-order valence-electron chi connectivity index (χ0n) is 9.48. The fourth-order valence-electron chi connectivity index (χ4n) is 1.55. The molecular weight excluding hydrogens is 230 g/mol. The van der Waals surface area contributed by atoms with Gasteiger partial charge >= 0.3 is 0 Å². The summed E-state index contributed by atoms with van der Waals surface area (Å²) in [5.74, 6) is 0.0284. The van der Waals surface area contributed by atoms with E-state index < -0.39 is 10.0 Å². The molecule has 6 nitrogen and oxygen atoms in total. The van der Waals surface area contributed by atoms with Crippen LogP contribution in [0.5, 0.6) is 0 Å². The molecule has 0 radical (unpaired) electrons. The summed E-state index contributed by atoms with van der Waals surface area (Å²) in [6.45, 7) is 0.904. The average molecular weight is 249 g/mol. The molecule has 1 rings (SSSR count). The molecule has 0 aliphatic carbocycles. The summed E-state index contributed by atoms with van der Waals surface area (Å²) in [5, 5.41) is 7.05. The first kappa shape index (κ1) is 13.4. The Morgan fingerprint density at radius 1 is 1.62 bits per heavy atom. The first-order valence-electron chi connectivity index (χ1n) is 5.30. The average Bonchev–Trinajstić information content (AvgIpc) is 2.65. The smallest absolute Gasteiger partial charge is 0.216 e. The summed E-state index contributed by atoms with van der Waals surface area (Å²) in [7, 11) is -1.78. The van der Waals surface area contributed by atoms with Crippen LogP contribution in [0.25, 0.3) is 0 Å². The molecule has 0 bridgehead atoms. The van der Waals surface area contributed by atoms with Crippen molar-refractivity contribution in [3.8, 4) is 0 Å². The minimum Gasteiger partial charge on any atom is -0.388 e. The van der Waals surface area contributed by atoms with Crippen molar-refractivity contribution in [2.75, 3.05) is 26.0 Å². The summed E-state index contributed by atoms with van der Waals surface area (Å²) in [5.41, 5.74) is 5.18. The van der Waals surface area contributed by atoms with Gasteiger partial charge in [0.25, 0.3) is 0 Å². The molecule has 1 saturated heterocycles. The molecule has 0 saturated carbocycles. The Balaban J connectivity index is 2.45. The molecule has 1 atom stereocenters. The SMILES string of the molecule is CN(CCC(=N)N)S(=O)(=O)CC1CCCO1. The van der Waals surface area contributed by atoms with Gasteiger partial charge in [-0.2, -0.15) is 0 Å². The fourth-order valence-corrected chi connectivity index (χ4v) is 2.91. The van der Waals surface area contributed by atoms with Crippen molar-refractivity contribution < 1.29 is 13.2 Å². The van der Waals surface area contributed by atoms with Gasteiger partial charge < -0.3 is 10.5 Å². The lowest BCUT2D eigenvalue weighted by atomic mass is 10.3. The Bertz CT molecular complexity index is 336. The number of hydrogen-bond donors (Lipinski definition) is 2. The van der Waals surface area contributed by atoms with Crippen LogP contribution in [0, 0.1) is 5.41 Å². The van der Waals surface area contributed by atoms with Crippen LogP contribution in [-0.2, 0) is 14.8 Å². The van der Waals surface area contributed by atoms with Crippen molar-refractivity contribution in [3.05, 3.63) is 0 Å². The lowest BCUT2D eigenvalue weighted by molar-refractivity contribution is 0.126. The molecule has 1 aliphatic rings. The summed E-state index contributed by atoms with van der Waals surface area (Å²) >= 11 is 0. The highest BCUT2D eigenvalue weighted by Gasteiger charge is 2.26. The van der Waals surface area contributed by atoms with Gasteiger partial charge in [-0.3, -0.25) is 5.41 Å². The van der Waals surface area contributed by atoms with E-state index in [0.717, 1.165) is 12.8 Å². The van der Waals surface area contributed by atoms with Crippen molar-refractivity contribution in [3.63, 3.8) is 0 Å². The Morgan fingerprint density at radius 3 is 2.81 bits per heavy atom. The van der Waals surface area contributed by atoms with Gasteiger partial charge in [0.2, 0.25) is 10.0 Å². The highest BCUT2D eigenvalue weighted by atomic mass is 32.2. The van der Waals surface area contributed by atoms with E-state index in [1.54, 1.807) is 0 Å². The molecule has 1 heterocycles. The molecule has 0 amide bonds. The summed E-state index contributed by atoms with van der Waals surface area (Å²) in [6.07, 6.45) is 1.82. The zero-order valence-corrected chi connectivity index (χ0v) is 10.3. The first-order chi connectivity index (χ1) is 7.42. The predicted molar refractivity (Wildman–Crippen MR) is 61.9 cm³/mol. The van der Waals surface area contributed by atoms with Gasteiger partial charge in [-0.05, 0) is 12.8 Å². The molecule has 7 heteroatoms. The van der Waals surface area contributed by atoms with Gasteiger partial charge in [0, 0.05) is 26.6 Å². The molecule has 0 aromatic heterocycles. The lowest BCUT2D eigenvalue weighted by Gasteiger charge is -2.18. The second-order valence-electron chi connectivity index (χ2n) is 4.01. The Kier molecular flexibility index (Phi) is 4.69. The molecular formula is C9H19N3O3S. The third-order valence-electron chi connectivity index (χ3n) is 2.59. The number of hydrogen-bond acceptors (Lipinski definition) is 4. The number of nitrogens with two attached hydrogens (primary N) is 1. The standard InChI is InChI=1S/C9H19N3O3S/c1-12(5-4-9(10)11)16(13,14)7-8-3-2-6-15-8/h8H,2-7H2,1H3,(H3,10,11). The van der Waals surface area contributed by atoms with Crippen molar-refractivity contribution >= 4 is 15.9 Å². The molecule has 0 spiro atoms. The van der Waals surface area contributed by atoms with Gasteiger partial charge in [0.15, 0.2) is 0 Å². The van der Waals surface area contributed by atoms with Crippen molar-refractivity contribution in [1.82, 2.24) is 4.31 Å². The van der Waals surface area contributed by atoms with Gasteiger partial charge in [-0.25, -0.2) is 12.7 Å². The Labute approximate surface area is 96.3 Å². The molecule has 3 N–H and O–H groups in total. The van der Waals surface area contributed by atoms with E-state index in [0.29, 0.717) is 6.61 Å². The van der Waals surface area contributed by atoms with Gasteiger partial charge in [0.1, 0.15) is 0 Å². The van der Waals surface area contributed by atoms with Crippen molar-refractivity contribution in [2.24, 2.45) is 5.73 Å². The highest BCUT2D eigenvalue weighted by molar-refractivity contribution is 7.89. The number of nitrogens with zero attached hydrogens (tertiary/aromatic N) is 1.